The molecule has 0 saturated carbocycles. The molecule has 0 fully saturated rings. The first-order chi connectivity index (χ1) is 5.47. The molecular weight excluding hydrogens is 136 g/mol. The molecule has 1 unspecified atom stereocenters. The summed E-state index contributed by atoms with van der Waals surface area (Å²) in [6.45, 7) is 1.13. The molecule has 11 heavy (non-hydrogen) atoms. The SMILES string of the molecule is C1=CCC(N2C=CCC2)N=C1. The average Bonchev–Trinajstić information content (AvgIpc) is 2.58. The van der Waals surface area contributed by atoms with Gasteiger partial charge in [0.2, 0.25) is 0 Å². The lowest BCUT2D eigenvalue weighted by Gasteiger charge is -2.24. The first-order valence-corrected chi connectivity index (χ1v) is 4.07. The fourth-order valence-electron chi connectivity index (χ4n) is 1.45. The summed E-state index contributed by atoms with van der Waals surface area (Å²) in [6.07, 6.45) is 13.0. The molecule has 1 atom stereocenters. The van der Waals surface area contributed by atoms with Gasteiger partial charge in [-0.1, -0.05) is 12.2 Å². The van der Waals surface area contributed by atoms with Gasteiger partial charge < -0.3 is 4.90 Å². The summed E-state index contributed by atoms with van der Waals surface area (Å²) in [7, 11) is 0. The van der Waals surface area contributed by atoms with E-state index in [9.17, 15) is 0 Å². The second kappa shape index (κ2) is 2.91. The molecule has 0 aromatic rings. The Hall–Kier alpha value is -1.05. The summed E-state index contributed by atoms with van der Waals surface area (Å²) in [5.41, 5.74) is 0. The van der Waals surface area contributed by atoms with Crippen molar-refractivity contribution in [1.29, 1.82) is 0 Å². The van der Waals surface area contributed by atoms with Crippen LogP contribution in [0.4, 0.5) is 0 Å². The van der Waals surface area contributed by atoms with Crippen molar-refractivity contribution in [3.8, 4) is 0 Å². The lowest BCUT2D eigenvalue weighted by molar-refractivity contribution is 0.306. The Morgan fingerprint density at radius 1 is 1.36 bits per heavy atom. The van der Waals surface area contributed by atoms with E-state index in [4.69, 9.17) is 0 Å². The van der Waals surface area contributed by atoms with Gasteiger partial charge in [-0.3, -0.25) is 4.99 Å². The maximum atomic E-state index is 4.37. The van der Waals surface area contributed by atoms with E-state index >= 15 is 0 Å². The van der Waals surface area contributed by atoms with Gasteiger partial charge in [0.15, 0.2) is 0 Å². The number of hydrogen-bond donors (Lipinski definition) is 0. The van der Waals surface area contributed by atoms with Crippen LogP contribution in [0.3, 0.4) is 0 Å². The van der Waals surface area contributed by atoms with E-state index in [1.807, 2.05) is 12.3 Å². The molecule has 0 amide bonds. The second-order valence-corrected chi connectivity index (χ2v) is 2.85. The Morgan fingerprint density at radius 3 is 3.00 bits per heavy atom. The van der Waals surface area contributed by atoms with Crippen LogP contribution in [0, 0.1) is 0 Å². The lowest BCUT2D eigenvalue weighted by atomic mass is 10.2. The number of aliphatic imine (C=N–C) groups is 1. The zero-order valence-electron chi connectivity index (χ0n) is 6.48. The van der Waals surface area contributed by atoms with Gasteiger partial charge in [-0.15, -0.1) is 0 Å². The zero-order valence-corrected chi connectivity index (χ0v) is 6.48. The number of nitrogens with zero attached hydrogens (tertiary/aromatic N) is 2. The highest BCUT2D eigenvalue weighted by atomic mass is 15.2. The zero-order chi connectivity index (χ0) is 7.52. The molecule has 2 aliphatic rings. The Bertz CT molecular complexity index is 216. The van der Waals surface area contributed by atoms with Gasteiger partial charge in [0.25, 0.3) is 0 Å². The van der Waals surface area contributed by atoms with E-state index < -0.39 is 0 Å². The van der Waals surface area contributed by atoms with Crippen molar-refractivity contribution in [1.82, 2.24) is 4.90 Å². The maximum Gasteiger partial charge on any atom is 0.124 e. The van der Waals surface area contributed by atoms with Crippen LogP contribution in [0.25, 0.3) is 0 Å². The van der Waals surface area contributed by atoms with E-state index in [0.717, 1.165) is 13.0 Å². The third-order valence-electron chi connectivity index (χ3n) is 2.06. The quantitative estimate of drug-likeness (QED) is 0.551. The molecule has 2 heterocycles. The van der Waals surface area contributed by atoms with Crippen LogP contribution >= 0.6 is 0 Å². The fourth-order valence-corrected chi connectivity index (χ4v) is 1.45. The molecule has 2 rings (SSSR count). The molecule has 0 aromatic carbocycles. The fraction of sp³-hybridized carbons (Fsp3) is 0.444. The standard InChI is InChI=1S/C9H12N2/c1-2-6-10-9(5-1)11-7-3-4-8-11/h1-3,6-7,9H,4-5,8H2. The minimum absolute atomic E-state index is 0.374. The van der Waals surface area contributed by atoms with Crippen molar-refractivity contribution < 1.29 is 0 Å². The largest absolute Gasteiger partial charge is 0.356 e. The molecule has 0 aromatic heterocycles. The minimum atomic E-state index is 0.374. The minimum Gasteiger partial charge on any atom is -0.356 e. The van der Waals surface area contributed by atoms with Crippen molar-refractivity contribution in [3.05, 3.63) is 24.4 Å². The van der Waals surface area contributed by atoms with Gasteiger partial charge in [0, 0.05) is 19.2 Å². The van der Waals surface area contributed by atoms with Crippen LogP contribution in [0.1, 0.15) is 12.8 Å². The summed E-state index contributed by atoms with van der Waals surface area (Å²) in [6, 6.07) is 0. The lowest BCUT2D eigenvalue weighted by Crippen LogP contribution is -2.27. The van der Waals surface area contributed by atoms with Crippen molar-refractivity contribution in [2.45, 2.75) is 19.0 Å². The van der Waals surface area contributed by atoms with E-state index in [0.29, 0.717) is 6.17 Å². The highest BCUT2D eigenvalue weighted by Gasteiger charge is 2.14. The molecule has 0 saturated heterocycles. The summed E-state index contributed by atoms with van der Waals surface area (Å²) in [5, 5.41) is 0. The molecule has 0 radical (unpaired) electrons. The van der Waals surface area contributed by atoms with Crippen LogP contribution in [0.15, 0.2) is 29.4 Å². The molecular formula is C9H12N2. The Kier molecular flexibility index (Phi) is 1.76. The van der Waals surface area contributed by atoms with Gasteiger partial charge in [-0.05, 0) is 18.7 Å². The van der Waals surface area contributed by atoms with Gasteiger partial charge >= 0.3 is 0 Å². The summed E-state index contributed by atoms with van der Waals surface area (Å²) >= 11 is 0. The molecule has 2 aliphatic heterocycles. The average molecular weight is 148 g/mol. The number of rotatable bonds is 1. The van der Waals surface area contributed by atoms with E-state index in [-0.39, 0.29) is 0 Å². The van der Waals surface area contributed by atoms with Gasteiger partial charge in [-0.2, -0.15) is 0 Å². The number of hydrogen-bond acceptors (Lipinski definition) is 2. The first kappa shape index (κ1) is 6.65. The number of allylic oxidation sites excluding steroid dienone is 1. The smallest absolute Gasteiger partial charge is 0.124 e. The monoisotopic (exact) mass is 148 g/mol. The Balaban J connectivity index is 1.99. The normalized spacial score (nSPS) is 28.4. The Labute approximate surface area is 66.9 Å². The van der Waals surface area contributed by atoms with Gasteiger partial charge in [-0.25, -0.2) is 0 Å². The van der Waals surface area contributed by atoms with Crippen LogP contribution < -0.4 is 0 Å². The first-order valence-electron chi connectivity index (χ1n) is 4.07. The van der Waals surface area contributed by atoms with E-state index in [1.54, 1.807) is 0 Å². The van der Waals surface area contributed by atoms with Gasteiger partial charge in [0.1, 0.15) is 6.17 Å². The predicted molar refractivity (Wildman–Crippen MR) is 46.5 cm³/mol. The predicted octanol–water partition coefficient (Wildman–Crippen LogP) is 1.56. The topological polar surface area (TPSA) is 15.6 Å². The van der Waals surface area contributed by atoms with E-state index in [2.05, 4.69) is 28.2 Å². The van der Waals surface area contributed by atoms with Crippen LogP contribution in [-0.2, 0) is 0 Å². The molecule has 58 valence electrons. The van der Waals surface area contributed by atoms with Crippen LogP contribution in [-0.4, -0.2) is 23.8 Å². The van der Waals surface area contributed by atoms with Gasteiger partial charge in [0.05, 0.1) is 0 Å². The number of dihydropyridines is 1. The summed E-state index contributed by atoms with van der Waals surface area (Å²) in [4.78, 5) is 6.67. The summed E-state index contributed by atoms with van der Waals surface area (Å²) in [5.74, 6) is 0. The Morgan fingerprint density at radius 2 is 2.36 bits per heavy atom. The van der Waals surface area contributed by atoms with Crippen LogP contribution in [0.2, 0.25) is 0 Å². The summed E-state index contributed by atoms with van der Waals surface area (Å²) < 4.78 is 0. The molecule has 0 aliphatic carbocycles. The highest BCUT2D eigenvalue weighted by molar-refractivity contribution is 5.72. The molecule has 0 bridgehead atoms. The van der Waals surface area contributed by atoms with Crippen molar-refractivity contribution in [3.63, 3.8) is 0 Å². The van der Waals surface area contributed by atoms with Crippen molar-refractivity contribution in [2.75, 3.05) is 6.54 Å². The molecule has 0 N–H and O–H groups in total. The van der Waals surface area contributed by atoms with Crippen LogP contribution in [0.5, 0.6) is 0 Å². The second-order valence-electron chi connectivity index (χ2n) is 2.85. The maximum absolute atomic E-state index is 4.37. The third-order valence-corrected chi connectivity index (χ3v) is 2.06. The van der Waals surface area contributed by atoms with Crippen molar-refractivity contribution in [2.24, 2.45) is 4.99 Å². The molecule has 2 heteroatoms. The molecule has 2 nitrogen and oxygen atoms in total. The molecule has 0 spiro atoms. The highest BCUT2D eigenvalue weighted by Crippen LogP contribution is 2.14. The van der Waals surface area contributed by atoms with E-state index in [1.165, 1.54) is 6.42 Å². The van der Waals surface area contributed by atoms with Crippen molar-refractivity contribution >= 4 is 6.21 Å². The third kappa shape index (κ3) is 1.34.